The fourth-order valence-electron chi connectivity index (χ4n) is 3.16. The standard InChI is InChI=1S/C22H25ClN2O2/c1-13(2)21(14(3)26)18-10-7-15(12-20(18)24-4)17-9-8-16(11-19(17)23)22(27)25(5)6/h7-13H,1-6H3/b21-18+,24-20?. The van der Waals surface area contributed by atoms with E-state index < -0.39 is 0 Å². The van der Waals surface area contributed by atoms with Crippen LogP contribution < -0.4 is 0 Å². The van der Waals surface area contributed by atoms with Crippen molar-refractivity contribution in [3.8, 4) is 0 Å². The number of halogens is 1. The van der Waals surface area contributed by atoms with Gasteiger partial charge in [-0.15, -0.1) is 0 Å². The van der Waals surface area contributed by atoms with Gasteiger partial charge in [-0.2, -0.15) is 0 Å². The first-order chi connectivity index (χ1) is 12.7. The Morgan fingerprint density at radius 3 is 2.30 bits per heavy atom. The van der Waals surface area contributed by atoms with Crippen LogP contribution in [0.5, 0.6) is 0 Å². The molecular formula is C22H25ClN2O2. The summed E-state index contributed by atoms with van der Waals surface area (Å²) in [5.41, 5.74) is 4.60. The Kier molecular flexibility index (Phi) is 6.55. The third-order valence-electron chi connectivity index (χ3n) is 4.42. The minimum Gasteiger partial charge on any atom is -0.345 e. The van der Waals surface area contributed by atoms with Gasteiger partial charge in [0.05, 0.1) is 5.71 Å². The Morgan fingerprint density at radius 1 is 1.15 bits per heavy atom. The van der Waals surface area contributed by atoms with Crippen molar-refractivity contribution in [3.63, 3.8) is 0 Å². The second-order valence-electron chi connectivity index (χ2n) is 6.97. The first-order valence-corrected chi connectivity index (χ1v) is 9.18. The normalized spacial score (nSPS) is 17.2. The summed E-state index contributed by atoms with van der Waals surface area (Å²) in [7, 11) is 5.12. The van der Waals surface area contributed by atoms with Gasteiger partial charge in [-0.25, -0.2) is 0 Å². The van der Waals surface area contributed by atoms with E-state index in [2.05, 4.69) is 4.99 Å². The van der Waals surface area contributed by atoms with Crippen molar-refractivity contribution in [2.24, 2.45) is 10.9 Å². The van der Waals surface area contributed by atoms with E-state index in [0.29, 0.717) is 10.6 Å². The zero-order chi connectivity index (χ0) is 20.3. The summed E-state index contributed by atoms with van der Waals surface area (Å²) in [6.45, 7) is 5.59. The number of rotatable bonds is 4. The summed E-state index contributed by atoms with van der Waals surface area (Å²) < 4.78 is 0. The van der Waals surface area contributed by atoms with E-state index in [4.69, 9.17) is 11.6 Å². The maximum absolute atomic E-state index is 12.1. The number of carbonyl (C=O) groups excluding carboxylic acids is 2. The molecule has 0 aliphatic heterocycles. The summed E-state index contributed by atoms with van der Waals surface area (Å²) in [5, 5.41) is 0.497. The number of benzene rings is 1. The molecule has 0 saturated heterocycles. The van der Waals surface area contributed by atoms with Crippen LogP contribution in [0.15, 0.2) is 52.6 Å². The van der Waals surface area contributed by atoms with Crippen molar-refractivity contribution >= 4 is 34.6 Å². The predicted molar refractivity (Wildman–Crippen MR) is 112 cm³/mol. The van der Waals surface area contributed by atoms with Gasteiger partial charge in [-0.1, -0.05) is 43.7 Å². The highest BCUT2D eigenvalue weighted by molar-refractivity contribution is 6.33. The molecule has 1 aromatic rings. The Bertz CT molecular complexity index is 903. The van der Waals surface area contributed by atoms with Crippen LogP contribution in [0.4, 0.5) is 0 Å². The topological polar surface area (TPSA) is 49.7 Å². The second kappa shape index (κ2) is 8.49. The van der Waals surface area contributed by atoms with Gasteiger partial charge >= 0.3 is 0 Å². The summed E-state index contributed by atoms with van der Waals surface area (Å²) in [6, 6.07) is 5.28. The highest BCUT2D eigenvalue weighted by Gasteiger charge is 2.20. The highest BCUT2D eigenvalue weighted by atomic mass is 35.5. The molecule has 0 N–H and O–H groups in total. The monoisotopic (exact) mass is 384 g/mol. The molecule has 27 heavy (non-hydrogen) atoms. The number of hydrogen-bond acceptors (Lipinski definition) is 3. The SMILES string of the molecule is CN=C1C=C(c2ccc(C(=O)N(C)C)cc2Cl)C=C/C1=C(\C(C)=O)C(C)C. The first-order valence-electron chi connectivity index (χ1n) is 8.81. The Hall–Kier alpha value is -2.46. The zero-order valence-electron chi connectivity index (χ0n) is 16.6. The van der Waals surface area contributed by atoms with E-state index in [0.717, 1.165) is 28.0 Å². The molecule has 0 saturated carbocycles. The molecule has 2 rings (SSSR count). The van der Waals surface area contributed by atoms with Crippen LogP contribution in [0.25, 0.3) is 5.57 Å². The fourth-order valence-corrected chi connectivity index (χ4v) is 3.45. The second-order valence-corrected chi connectivity index (χ2v) is 7.38. The van der Waals surface area contributed by atoms with Crippen LogP contribution in [0.3, 0.4) is 0 Å². The Morgan fingerprint density at radius 2 is 1.81 bits per heavy atom. The smallest absolute Gasteiger partial charge is 0.253 e. The zero-order valence-corrected chi connectivity index (χ0v) is 17.4. The van der Waals surface area contributed by atoms with Crippen LogP contribution >= 0.6 is 11.6 Å². The number of hydrogen-bond donors (Lipinski definition) is 0. The van der Waals surface area contributed by atoms with E-state index in [1.807, 2.05) is 38.1 Å². The number of allylic oxidation sites excluding steroid dienone is 6. The summed E-state index contributed by atoms with van der Waals surface area (Å²) in [4.78, 5) is 30.1. The lowest BCUT2D eigenvalue weighted by Crippen LogP contribution is -2.21. The quantitative estimate of drug-likeness (QED) is 0.712. The largest absolute Gasteiger partial charge is 0.345 e. The molecule has 1 aliphatic rings. The predicted octanol–water partition coefficient (Wildman–Crippen LogP) is 4.61. The lowest BCUT2D eigenvalue weighted by Gasteiger charge is -2.19. The third kappa shape index (κ3) is 4.45. The molecule has 0 heterocycles. The molecule has 0 bridgehead atoms. The number of Topliss-reactive ketones (excluding diaryl/α,β-unsaturated/α-hetero) is 1. The fraction of sp³-hybridized carbons (Fsp3) is 0.318. The molecular weight excluding hydrogens is 360 g/mol. The molecule has 0 fully saturated rings. The van der Waals surface area contributed by atoms with E-state index in [-0.39, 0.29) is 17.6 Å². The molecule has 1 amide bonds. The average Bonchev–Trinajstić information content (AvgIpc) is 2.60. The molecule has 0 atom stereocenters. The summed E-state index contributed by atoms with van der Waals surface area (Å²) >= 11 is 6.45. The van der Waals surface area contributed by atoms with Gasteiger partial charge in [-0.3, -0.25) is 14.6 Å². The maximum atomic E-state index is 12.1. The van der Waals surface area contributed by atoms with Crippen molar-refractivity contribution < 1.29 is 9.59 Å². The lowest BCUT2D eigenvalue weighted by molar-refractivity contribution is -0.114. The molecule has 0 aromatic heterocycles. The molecule has 0 spiro atoms. The summed E-state index contributed by atoms with van der Waals surface area (Å²) in [5.74, 6) is 0.0571. The van der Waals surface area contributed by atoms with Gasteiger partial charge in [0.25, 0.3) is 5.91 Å². The van der Waals surface area contributed by atoms with Crippen LogP contribution in [0.1, 0.15) is 36.7 Å². The number of carbonyl (C=O) groups is 2. The van der Waals surface area contributed by atoms with E-state index >= 15 is 0 Å². The molecule has 5 heteroatoms. The van der Waals surface area contributed by atoms with Crippen molar-refractivity contribution in [2.45, 2.75) is 20.8 Å². The molecule has 0 radical (unpaired) electrons. The highest BCUT2D eigenvalue weighted by Crippen LogP contribution is 2.31. The van der Waals surface area contributed by atoms with Crippen LogP contribution in [-0.2, 0) is 4.79 Å². The minimum absolute atomic E-state index is 0.0484. The number of ketones is 1. The van der Waals surface area contributed by atoms with Gasteiger partial charge in [0, 0.05) is 48.4 Å². The van der Waals surface area contributed by atoms with Gasteiger partial charge in [-0.05, 0) is 36.6 Å². The van der Waals surface area contributed by atoms with Crippen molar-refractivity contribution in [2.75, 3.05) is 21.1 Å². The van der Waals surface area contributed by atoms with Gasteiger partial charge in [0.1, 0.15) is 0 Å². The van der Waals surface area contributed by atoms with Crippen LogP contribution in [0.2, 0.25) is 5.02 Å². The lowest BCUT2D eigenvalue weighted by atomic mass is 9.87. The Labute approximate surface area is 165 Å². The molecule has 142 valence electrons. The van der Waals surface area contributed by atoms with Crippen molar-refractivity contribution in [3.05, 3.63) is 63.7 Å². The molecule has 4 nitrogen and oxygen atoms in total. The average molecular weight is 385 g/mol. The number of nitrogens with zero attached hydrogens (tertiary/aromatic N) is 2. The van der Waals surface area contributed by atoms with Crippen molar-refractivity contribution in [1.29, 1.82) is 0 Å². The summed E-state index contributed by atoms with van der Waals surface area (Å²) in [6.07, 6.45) is 5.78. The van der Waals surface area contributed by atoms with Crippen LogP contribution in [0, 0.1) is 5.92 Å². The maximum Gasteiger partial charge on any atom is 0.253 e. The van der Waals surface area contributed by atoms with E-state index in [9.17, 15) is 9.59 Å². The van der Waals surface area contributed by atoms with E-state index in [1.165, 1.54) is 4.90 Å². The first kappa shape index (κ1) is 20.8. The number of amides is 1. The third-order valence-corrected chi connectivity index (χ3v) is 4.73. The van der Waals surface area contributed by atoms with Crippen LogP contribution in [-0.4, -0.2) is 43.4 Å². The van der Waals surface area contributed by atoms with Gasteiger partial charge < -0.3 is 4.90 Å². The molecule has 0 unspecified atom stereocenters. The van der Waals surface area contributed by atoms with Gasteiger partial charge in [0.2, 0.25) is 0 Å². The van der Waals surface area contributed by atoms with Crippen molar-refractivity contribution in [1.82, 2.24) is 4.90 Å². The molecule has 1 aliphatic carbocycles. The van der Waals surface area contributed by atoms with Gasteiger partial charge in [0.15, 0.2) is 5.78 Å². The number of aliphatic imine (C=N–C) groups is 1. The van der Waals surface area contributed by atoms with E-state index in [1.54, 1.807) is 40.2 Å². The molecule has 1 aromatic carbocycles. The minimum atomic E-state index is -0.0966. The Balaban J connectivity index is 2.49.